The van der Waals surface area contributed by atoms with E-state index < -0.39 is 11.9 Å². The Morgan fingerprint density at radius 1 is 0.757 bits per heavy atom. The summed E-state index contributed by atoms with van der Waals surface area (Å²) >= 11 is 0. The zero-order valence-corrected chi connectivity index (χ0v) is 20.8. The van der Waals surface area contributed by atoms with Crippen LogP contribution in [0.2, 0.25) is 0 Å². The van der Waals surface area contributed by atoms with Crippen LogP contribution >= 0.6 is 0 Å². The molecule has 0 atom stereocenters. The molecule has 7 heteroatoms. The van der Waals surface area contributed by atoms with Crippen LogP contribution in [0, 0.1) is 22.7 Å². The van der Waals surface area contributed by atoms with Gasteiger partial charge in [0.1, 0.15) is 23.6 Å². The van der Waals surface area contributed by atoms with Gasteiger partial charge >= 0.3 is 5.97 Å². The topological polar surface area (TPSA) is 112 Å². The number of nitrogens with one attached hydrogen (secondary N) is 1. The lowest BCUT2D eigenvalue weighted by atomic mass is 10.1. The Balaban J connectivity index is 1.49. The number of hydrogen-bond donors (Lipinski definition) is 1. The monoisotopic (exact) mass is 495 g/mol. The second-order valence-corrected chi connectivity index (χ2v) is 8.49. The van der Waals surface area contributed by atoms with E-state index in [4.69, 9.17) is 20.0 Å². The number of hydrogen-bond acceptors (Lipinski definition) is 6. The molecule has 0 aliphatic heterocycles. The average molecular weight is 496 g/mol. The summed E-state index contributed by atoms with van der Waals surface area (Å²) in [6, 6.07) is 21.3. The lowest BCUT2D eigenvalue weighted by Gasteiger charge is -2.09. The van der Waals surface area contributed by atoms with Crippen molar-refractivity contribution in [3.8, 4) is 23.6 Å². The van der Waals surface area contributed by atoms with Crippen LogP contribution in [0.25, 0.3) is 0 Å². The first-order chi connectivity index (χ1) is 18.0. The molecular weight excluding hydrogens is 466 g/mol. The predicted molar refractivity (Wildman–Crippen MR) is 141 cm³/mol. The number of nitriles is 2. The van der Waals surface area contributed by atoms with Gasteiger partial charge in [0.2, 0.25) is 0 Å². The number of unbranched alkanes of at least 4 members (excludes halogenated alkanes) is 5. The van der Waals surface area contributed by atoms with Gasteiger partial charge < -0.3 is 14.8 Å². The van der Waals surface area contributed by atoms with Crippen LogP contribution in [0.4, 0.5) is 5.69 Å². The highest BCUT2D eigenvalue weighted by molar-refractivity contribution is 6.04. The Bertz CT molecular complexity index is 1290. The minimum Gasteiger partial charge on any atom is -0.494 e. The highest BCUT2D eigenvalue weighted by Crippen LogP contribution is 2.19. The third-order valence-electron chi connectivity index (χ3n) is 5.70. The highest BCUT2D eigenvalue weighted by Gasteiger charge is 2.12. The van der Waals surface area contributed by atoms with Crippen molar-refractivity contribution in [2.75, 3.05) is 11.9 Å². The molecule has 37 heavy (non-hydrogen) atoms. The van der Waals surface area contributed by atoms with Crippen LogP contribution in [0.15, 0.2) is 66.7 Å². The molecule has 3 aromatic carbocycles. The van der Waals surface area contributed by atoms with Gasteiger partial charge in [0.15, 0.2) is 0 Å². The Morgan fingerprint density at radius 3 is 2.05 bits per heavy atom. The third kappa shape index (κ3) is 8.23. The first-order valence-electron chi connectivity index (χ1n) is 12.3. The molecule has 188 valence electrons. The Morgan fingerprint density at radius 2 is 1.38 bits per heavy atom. The maximum absolute atomic E-state index is 12.5. The van der Waals surface area contributed by atoms with Gasteiger partial charge in [0.25, 0.3) is 5.91 Å². The smallest absolute Gasteiger partial charge is 0.343 e. The van der Waals surface area contributed by atoms with Gasteiger partial charge in [-0.25, -0.2) is 4.79 Å². The van der Waals surface area contributed by atoms with Crippen LogP contribution in [-0.2, 0) is 0 Å². The summed E-state index contributed by atoms with van der Waals surface area (Å²) in [4.78, 5) is 25.0. The first kappa shape index (κ1) is 27.0. The van der Waals surface area contributed by atoms with Gasteiger partial charge in [-0.15, -0.1) is 0 Å². The summed E-state index contributed by atoms with van der Waals surface area (Å²) in [6.45, 7) is 2.86. The van der Waals surface area contributed by atoms with Gasteiger partial charge in [0, 0.05) is 11.3 Å². The number of benzene rings is 3. The molecule has 0 aliphatic carbocycles. The maximum atomic E-state index is 12.5. The average Bonchev–Trinajstić information content (AvgIpc) is 2.93. The number of anilines is 1. The fourth-order valence-corrected chi connectivity index (χ4v) is 3.62. The molecule has 1 amide bonds. The van der Waals surface area contributed by atoms with E-state index in [9.17, 15) is 9.59 Å². The summed E-state index contributed by atoms with van der Waals surface area (Å²) in [6.07, 6.45) is 7.18. The van der Waals surface area contributed by atoms with Crippen molar-refractivity contribution in [1.82, 2.24) is 0 Å². The van der Waals surface area contributed by atoms with Crippen molar-refractivity contribution < 1.29 is 19.1 Å². The number of nitrogens with zero attached hydrogens (tertiary/aromatic N) is 2. The summed E-state index contributed by atoms with van der Waals surface area (Å²) in [7, 11) is 0. The molecule has 0 spiro atoms. The van der Waals surface area contributed by atoms with Gasteiger partial charge in [-0.05, 0) is 73.2 Å². The number of esters is 1. The lowest BCUT2D eigenvalue weighted by molar-refractivity contribution is 0.0734. The molecule has 3 rings (SSSR count). The van der Waals surface area contributed by atoms with Crippen LogP contribution < -0.4 is 14.8 Å². The summed E-state index contributed by atoms with van der Waals surface area (Å²) in [5, 5.41) is 20.8. The molecule has 0 saturated heterocycles. The summed E-state index contributed by atoms with van der Waals surface area (Å²) in [5.41, 5.74) is 1.55. The van der Waals surface area contributed by atoms with E-state index in [2.05, 4.69) is 12.2 Å². The van der Waals surface area contributed by atoms with Crippen molar-refractivity contribution in [2.45, 2.75) is 45.4 Å². The van der Waals surface area contributed by atoms with Crippen molar-refractivity contribution in [3.63, 3.8) is 0 Å². The number of amides is 1. The van der Waals surface area contributed by atoms with Crippen molar-refractivity contribution in [2.24, 2.45) is 0 Å². The summed E-state index contributed by atoms with van der Waals surface area (Å²) < 4.78 is 11.2. The Labute approximate surface area is 217 Å². The van der Waals surface area contributed by atoms with E-state index in [-0.39, 0.29) is 11.1 Å². The molecule has 3 aromatic rings. The Kier molecular flexibility index (Phi) is 10.3. The second kappa shape index (κ2) is 14.1. The van der Waals surface area contributed by atoms with Crippen LogP contribution in [0.1, 0.15) is 77.3 Å². The molecular formula is C30H29N3O4. The molecule has 0 unspecified atom stereocenters. The number of ether oxygens (including phenoxy) is 2. The van der Waals surface area contributed by atoms with Crippen molar-refractivity contribution in [1.29, 1.82) is 10.5 Å². The molecule has 0 heterocycles. The van der Waals surface area contributed by atoms with Gasteiger partial charge in [-0.1, -0.05) is 39.0 Å². The van der Waals surface area contributed by atoms with Crippen LogP contribution in [0.5, 0.6) is 11.5 Å². The highest BCUT2D eigenvalue weighted by atomic mass is 16.5. The number of carbonyl (C=O) groups is 2. The van der Waals surface area contributed by atoms with E-state index in [1.54, 1.807) is 30.3 Å². The molecule has 0 bridgehead atoms. The van der Waals surface area contributed by atoms with Crippen LogP contribution in [-0.4, -0.2) is 18.5 Å². The lowest BCUT2D eigenvalue weighted by Crippen LogP contribution is -2.12. The second-order valence-electron chi connectivity index (χ2n) is 8.49. The minimum absolute atomic E-state index is 0.181. The fourth-order valence-electron chi connectivity index (χ4n) is 3.62. The molecule has 0 fully saturated rings. The zero-order chi connectivity index (χ0) is 26.5. The van der Waals surface area contributed by atoms with Crippen molar-refractivity contribution in [3.05, 3.63) is 89.0 Å². The molecule has 1 N–H and O–H groups in total. The summed E-state index contributed by atoms with van der Waals surface area (Å²) in [5.74, 6) is 0.101. The molecule has 0 aromatic heterocycles. The van der Waals surface area contributed by atoms with E-state index in [0.717, 1.165) is 12.8 Å². The number of rotatable bonds is 12. The molecule has 0 saturated carbocycles. The van der Waals surface area contributed by atoms with E-state index >= 15 is 0 Å². The first-order valence-corrected chi connectivity index (χ1v) is 12.3. The zero-order valence-electron chi connectivity index (χ0n) is 20.8. The van der Waals surface area contributed by atoms with Crippen LogP contribution in [0.3, 0.4) is 0 Å². The van der Waals surface area contributed by atoms with Gasteiger partial charge in [0.05, 0.1) is 23.3 Å². The van der Waals surface area contributed by atoms with E-state index in [1.807, 2.05) is 12.1 Å². The van der Waals surface area contributed by atoms with E-state index in [0.29, 0.717) is 34.9 Å². The Hall–Kier alpha value is -4.62. The third-order valence-corrected chi connectivity index (χ3v) is 5.70. The fraction of sp³-hybridized carbons (Fsp3) is 0.267. The largest absolute Gasteiger partial charge is 0.494 e. The maximum Gasteiger partial charge on any atom is 0.343 e. The molecule has 0 aliphatic rings. The minimum atomic E-state index is -0.513. The molecule has 0 radical (unpaired) electrons. The van der Waals surface area contributed by atoms with Gasteiger partial charge in [-0.2, -0.15) is 10.5 Å². The standard InChI is InChI=1S/C30H29N3O4/c1-2-3-4-5-6-7-18-36-27-14-11-23(12-15-27)30(35)37-28-16-9-22(10-17-28)29(34)33-26-13-8-24(20-31)25(19-26)21-32/h8-17,19H,2-7,18H2,1H3,(H,33,34). The normalized spacial score (nSPS) is 10.1. The quantitative estimate of drug-likeness (QED) is 0.171. The van der Waals surface area contributed by atoms with Gasteiger partial charge in [-0.3, -0.25) is 4.79 Å². The predicted octanol–water partition coefficient (Wildman–Crippen LogP) is 6.64. The SMILES string of the molecule is CCCCCCCCOc1ccc(C(=O)Oc2ccc(C(=O)Nc3ccc(C#N)c(C#N)c3)cc2)cc1. The number of carbonyl (C=O) groups excluding carboxylic acids is 2. The molecule has 7 nitrogen and oxygen atoms in total. The van der Waals surface area contributed by atoms with E-state index in [1.165, 1.54) is 62.1 Å². The van der Waals surface area contributed by atoms with Crippen molar-refractivity contribution >= 4 is 17.6 Å².